The number of rotatable bonds is 12. The fourth-order valence-corrected chi connectivity index (χ4v) is 3.78. The Balaban J connectivity index is 1.80. The second-order valence-electron chi connectivity index (χ2n) is 7.48. The lowest BCUT2D eigenvalue weighted by atomic mass is 10.2. The third kappa shape index (κ3) is 8.58. The van der Waals surface area contributed by atoms with Gasteiger partial charge < -0.3 is 15.4 Å². The first kappa shape index (κ1) is 22.6. The number of ether oxygens (including phenoxy) is 1. The summed E-state index contributed by atoms with van der Waals surface area (Å²) in [4.78, 5) is 4.87. The Morgan fingerprint density at radius 1 is 1.21 bits per heavy atom. The number of nitrogens with zero attached hydrogens (tertiary/aromatic N) is 1. The number of benzene rings is 1. The summed E-state index contributed by atoms with van der Waals surface area (Å²) in [5.74, 6) is 1.30. The molecule has 0 atom stereocenters. The number of hydrogen-bond acceptors (Lipinski definition) is 4. The zero-order valence-electron chi connectivity index (χ0n) is 17.2. The maximum Gasteiger partial charge on any atom is 0.240 e. The molecule has 2 rings (SSSR count). The number of guanidine groups is 1. The molecule has 7 nitrogen and oxygen atoms in total. The largest absolute Gasteiger partial charge is 0.381 e. The number of sulfonamides is 1. The van der Waals surface area contributed by atoms with Gasteiger partial charge in [0.25, 0.3) is 0 Å². The Bertz CT molecular complexity index is 713. The van der Waals surface area contributed by atoms with Crippen LogP contribution in [0.5, 0.6) is 0 Å². The lowest BCUT2D eigenvalue weighted by Gasteiger charge is -2.12. The third-order valence-corrected chi connectivity index (χ3v) is 5.64. The van der Waals surface area contributed by atoms with Crippen molar-refractivity contribution in [3.63, 3.8) is 0 Å². The Kier molecular flexibility index (Phi) is 9.21. The van der Waals surface area contributed by atoms with Gasteiger partial charge in [-0.25, -0.2) is 18.1 Å². The molecule has 158 valence electrons. The highest BCUT2D eigenvalue weighted by Gasteiger charge is 2.27. The van der Waals surface area contributed by atoms with Crippen LogP contribution < -0.4 is 15.4 Å². The van der Waals surface area contributed by atoms with Crippen molar-refractivity contribution in [3.8, 4) is 0 Å². The molecule has 0 heterocycles. The van der Waals surface area contributed by atoms with Crippen LogP contribution in [-0.2, 0) is 21.3 Å². The zero-order chi connectivity index (χ0) is 20.4. The summed E-state index contributed by atoms with van der Waals surface area (Å²) in [5.41, 5.74) is 0.961. The van der Waals surface area contributed by atoms with E-state index < -0.39 is 10.0 Å². The van der Waals surface area contributed by atoms with Gasteiger partial charge in [0, 0.05) is 32.3 Å². The maximum absolute atomic E-state index is 12.2. The van der Waals surface area contributed by atoms with Gasteiger partial charge in [0.2, 0.25) is 10.0 Å². The van der Waals surface area contributed by atoms with Crippen LogP contribution in [0.1, 0.15) is 45.6 Å². The van der Waals surface area contributed by atoms with Crippen LogP contribution >= 0.6 is 0 Å². The molecule has 0 saturated heterocycles. The minimum Gasteiger partial charge on any atom is -0.381 e. The molecule has 1 fully saturated rings. The van der Waals surface area contributed by atoms with Gasteiger partial charge in [-0.05, 0) is 49.8 Å². The maximum atomic E-state index is 12.2. The predicted molar refractivity (Wildman–Crippen MR) is 113 cm³/mol. The van der Waals surface area contributed by atoms with E-state index in [1.165, 1.54) is 0 Å². The molecule has 0 amide bonds. The van der Waals surface area contributed by atoms with Gasteiger partial charge in [-0.1, -0.05) is 26.0 Å². The molecule has 0 bridgehead atoms. The molecule has 0 aromatic heterocycles. The van der Waals surface area contributed by atoms with E-state index in [1.54, 1.807) is 12.1 Å². The molecule has 0 aliphatic heterocycles. The fourth-order valence-electron chi connectivity index (χ4n) is 2.47. The molecule has 1 aliphatic rings. The number of hydrogen-bond donors (Lipinski definition) is 3. The molecule has 8 heteroatoms. The molecule has 3 N–H and O–H groups in total. The minimum atomic E-state index is -3.40. The van der Waals surface area contributed by atoms with E-state index in [2.05, 4.69) is 34.2 Å². The van der Waals surface area contributed by atoms with Crippen LogP contribution in [0.3, 0.4) is 0 Å². The average molecular weight is 411 g/mol. The second-order valence-corrected chi connectivity index (χ2v) is 9.20. The first-order chi connectivity index (χ1) is 13.4. The van der Waals surface area contributed by atoms with Gasteiger partial charge in [0.15, 0.2) is 5.96 Å². The summed E-state index contributed by atoms with van der Waals surface area (Å²) >= 11 is 0. The summed E-state index contributed by atoms with van der Waals surface area (Å²) < 4.78 is 32.7. The van der Waals surface area contributed by atoms with Crippen molar-refractivity contribution in [2.75, 3.05) is 26.3 Å². The SMILES string of the molecule is CCNC(=NCc1ccc(S(=O)(=O)NC2CC2)cc1)NCCCOCC(C)C. The molecule has 28 heavy (non-hydrogen) atoms. The van der Waals surface area contributed by atoms with Gasteiger partial charge in [-0.15, -0.1) is 0 Å². The summed E-state index contributed by atoms with van der Waals surface area (Å²) in [5, 5.41) is 6.51. The molecule has 1 aliphatic carbocycles. The molecule has 1 aromatic carbocycles. The number of nitrogens with one attached hydrogen (secondary N) is 3. The average Bonchev–Trinajstić information content (AvgIpc) is 3.46. The fraction of sp³-hybridized carbons (Fsp3) is 0.650. The second kappa shape index (κ2) is 11.4. The zero-order valence-corrected chi connectivity index (χ0v) is 18.0. The molecule has 1 saturated carbocycles. The Labute approximate surface area is 169 Å². The van der Waals surface area contributed by atoms with Gasteiger partial charge in [-0.3, -0.25) is 0 Å². The summed E-state index contributed by atoms with van der Waals surface area (Å²) in [7, 11) is -3.40. The van der Waals surface area contributed by atoms with Crippen LogP contribution in [0.25, 0.3) is 0 Å². The van der Waals surface area contributed by atoms with Crippen molar-refractivity contribution < 1.29 is 13.2 Å². The van der Waals surface area contributed by atoms with E-state index in [9.17, 15) is 8.42 Å². The van der Waals surface area contributed by atoms with Crippen molar-refractivity contribution in [3.05, 3.63) is 29.8 Å². The van der Waals surface area contributed by atoms with E-state index in [0.29, 0.717) is 17.4 Å². The van der Waals surface area contributed by atoms with Crippen molar-refractivity contribution in [1.82, 2.24) is 15.4 Å². The molecular weight excluding hydrogens is 376 g/mol. The normalized spacial score (nSPS) is 15.1. The van der Waals surface area contributed by atoms with E-state index in [1.807, 2.05) is 19.1 Å². The molecule has 0 spiro atoms. The van der Waals surface area contributed by atoms with Gasteiger partial charge >= 0.3 is 0 Å². The van der Waals surface area contributed by atoms with E-state index >= 15 is 0 Å². The van der Waals surface area contributed by atoms with Crippen LogP contribution in [0, 0.1) is 5.92 Å². The van der Waals surface area contributed by atoms with Crippen LogP contribution in [0.4, 0.5) is 0 Å². The Morgan fingerprint density at radius 2 is 1.93 bits per heavy atom. The minimum absolute atomic E-state index is 0.110. The van der Waals surface area contributed by atoms with Crippen molar-refractivity contribution in [2.45, 2.75) is 57.5 Å². The summed E-state index contributed by atoms with van der Waals surface area (Å²) in [6.07, 6.45) is 2.77. The summed E-state index contributed by atoms with van der Waals surface area (Å²) in [6.45, 7) is 9.86. The molecule has 1 aromatic rings. The van der Waals surface area contributed by atoms with Gasteiger partial charge in [0.05, 0.1) is 11.4 Å². The lowest BCUT2D eigenvalue weighted by Crippen LogP contribution is -2.38. The van der Waals surface area contributed by atoms with E-state index in [4.69, 9.17) is 4.74 Å². The van der Waals surface area contributed by atoms with Crippen LogP contribution in [0.15, 0.2) is 34.2 Å². The predicted octanol–water partition coefficient (Wildman–Crippen LogP) is 2.25. The smallest absolute Gasteiger partial charge is 0.240 e. The monoisotopic (exact) mass is 410 g/mol. The Morgan fingerprint density at radius 3 is 2.54 bits per heavy atom. The van der Waals surface area contributed by atoms with Crippen molar-refractivity contribution in [2.24, 2.45) is 10.9 Å². The Hall–Kier alpha value is -1.64. The van der Waals surface area contributed by atoms with Crippen molar-refractivity contribution >= 4 is 16.0 Å². The molecule has 0 radical (unpaired) electrons. The standard InChI is InChI=1S/C20H34N4O3S/c1-4-21-20(22-12-5-13-27-15-16(2)3)23-14-17-6-10-19(11-7-17)28(25,26)24-18-8-9-18/h6-7,10-11,16,18,24H,4-5,8-9,12-15H2,1-3H3,(H2,21,22,23). The lowest BCUT2D eigenvalue weighted by molar-refractivity contribution is 0.108. The van der Waals surface area contributed by atoms with Crippen LogP contribution in [0.2, 0.25) is 0 Å². The quantitative estimate of drug-likeness (QED) is 0.279. The van der Waals surface area contributed by atoms with Crippen LogP contribution in [-0.4, -0.2) is 46.7 Å². The molecular formula is C20H34N4O3S. The van der Waals surface area contributed by atoms with E-state index in [0.717, 1.165) is 57.1 Å². The highest BCUT2D eigenvalue weighted by Crippen LogP contribution is 2.22. The van der Waals surface area contributed by atoms with Gasteiger partial charge in [-0.2, -0.15) is 0 Å². The topological polar surface area (TPSA) is 91.8 Å². The highest BCUT2D eigenvalue weighted by atomic mass is 32.2. The highest BCUT2D eigenvalue weighted by molar-refractivity contribution is 7.89. The third-order valence-electron chi connectivity index (χ3n) is 4.11. The number of aliphatic imine (C=N–C) groups is 1. The van der Waals surface area contributed by atoms with Crippen molar-refractivity contribution in [1.29, 1.82) is 0 Å². The first-order valence-corrected chi connectivity index (χ1v) is 11.6. The first-order valence-electron chi connectivity index (χ1n) is 10.1. The van der Waals surface area contributed by atoms with E-state index in [-0.39, 0.29) is 6.04 Å². The van der Waals surface area contributed by atoms with Gasteiger partial charge in [0.1, 0.15) is 0 Å². The summed E-state index contributed by atoms with van der Waals surface area (Å²) in [6, 6.07) is 7.02. The molecule has 0 unspecified atom stereocenters.